The van der Waals surface area contributed by atoms with Crippen LogP contribution in [0, 0.1) is 16.7 Å². The molecule has 0 saturated carbocycles. The second-order valence-electron chi connectivity index (χ2n) is 4.43. The summed E-state index contributed by atoms with van der Waals surface area (Å²) in [5.41, 5.74) is -1.00. The molecular weight excluding hydrogens is 308 g/mol. The third-order valence-corrected chi connectivity index (χ3v) is 6.57. The lowest BCUT2D eigenvalue weighted by atomic mass is 10.0. The number of nitriles is 1. The second kappa shape index (κ2) is 4.37. The van der Waals surface area contributed by atoms with Crippen LogP contribution >= 0.6 is 22.9 Å². The predicted octanol–water partition coefficient (Wildman–Crippen LogP) is 1.29. The minimum Gasteiger partial charge on any atom is -0.344 e. The summed E-state index contributed by atoms with van der Waals surface area (Å²) in [6.07, 6.45) is 0. The van der Waals surface area contributed by atoms with Gasteiger partial charge in [0.15, 0.2) is 0 Å². The number of hydrogen-bond donors (Lipinski definition) is 2. The Bertz CT molecular complexity index is 691. The van der Waals surface area contributed by atoms with E-state index in [2.05, 4.69) is 5.32 Å². The van der Waals surface area contributed by atoms with E-state index in [4.69, 9.17) is 22.3 Å². The quantitative estimate of drug-likeness (QED) is 0.815. The smallest absolute Gasteiger partial charge is 0.239 e. The molecule has 1 fully saturated rings. The summed E-state index contributed by atoms with van der Waals surface area (Å²) < 4.78 is 24.9. The van der Waals surface area contributed by atoms with Crippen molar-refractivity contribution in [3.63, 3.8) is 0 Å². The maximum Gasteiger partial charge on any atom is 0.239 e. The van der Waals surface area contributed by atoms with Gasteiger partial charge in [0.1, 0.15) is 10.9 Å². The van der Waals surface area contributed by atoms with Crippen LogP contribution in [0.25, 0.3) is 0 Å². The molecule has 1 saturated heterocycles. The minimum absolute atomic E-state index is 0.211. The Balaban J connectivity index is 2.52. The predicted molar refractivity (Wildman–Crippen MR) is 73.8 cm³/mol. The number of halogens is 1. The van der Waals surface area contributed by atoms with Gasteiger partial charge in [-0.05, 0) is 13.0 Å². The monoisotopic (exact) mass is 318 g/mol. The Hall–Kier alpha value is -1.30. The fraction of sp³-hybridized carbons (Fsp3) is 0.400. The van der Waals surface area contributed by atoms with E-state index >= 15 is 0 Å². The number of sulfonamides is 1. The largest absolute Gasteiger partial charge is 0.344 e. The minimum atomic E-state index is -3.57. The first-order valence-corrected chi connectivity index (χ1v) is 8.03. The van der Waals surface area contributed by atoms with Gasteiger partial charge in [-0.2, -0.15) is 5.26 Å². The van der Waals surface area contributed by atoms with Crippen molar-refractivity contribution in [2.45, 2.75) is 12.5 Å². The van der Waals surface area contributed by atoms with E-state index in [1.807, 2.05) is 6.07 Å². The van der Waals surface area contributed by atoms with Crippen LogP contribution in [-0.2, 0) is 15.6 Å². The van der Waals surface area contributed by atoms with Gasteiger partial charge in [-0.3, -0.25) is 5.41 Å². The summed E-state index contributed by atoms with van der Waals surface area (Å²) in [7, 11) is -2.25. The van der Waals surface area contributed by atoms with E-state index in [-0.39, 0.29) is 11.7 Å². The van der Waals surface area contributed by atoms with Crippen LogP contribution in [-0.4, -0.2) is 31.5 Å². The Kier molecular flexibility index (Phi) is 3.24. The van der Waals surface area contributed by atoms with Crippen LogP contribution in [0.5, 0.6) is 0 Å². The van der Waals surface area contributed by atoms with E-state index in [1.165, 1.54) is 13.1 Å². The molecule has 2 heterocycles. The summed E-state index contributed by atoms with van der Waals surface area (Å²) in [5.74, 6) is -0.430. The maximum absolute atomic E-state index is 12.0. The van der Waals surface area contributed by atoms with E-state index < -0.39 is 15.6 Å². The summed E-state index contributed by atoms with van der Waals surface area (Å²) in [6, 6.07) is 3.48. The van der Waals surface area contributed by atoms with Crippen LogP contribution in [0.2, 0.25) is 5.02 Å². The molecule has 9 heteroatoms. The summed E-state index contributed by atoms with van der Waals surface area (Å²) in [4.78, 5) is 0.957. The van der Waals surface area contributed by atoms with Crippen molar-refractivity contribution < 1.29 is 8.42 Å². The number of nitrogens with one attached hydrogen (secondary N) is 2. The lowest BCUT2D eigenvalue weighted by molar-refractivity contribution is 0.424. The molecule has 0 amide bonds. The summed E-state index contributed by atoms with van der Waals surface area (Å²) >= 11 is 7.20. The zero-order valence-corrected chi connectivity index (χ0v) is 12.6. The Morgan fingerprint density at radius 2 is 2.32 bits per heavy atom. The molecule has 0 aromatic carbocycles. The SMILES string of the molecule is CN1C(=N)N[C@](C)(c2sc(C#N)cc2Cl)CS1(=O)=O. The lowest BCUT2D eigenvalue weighted by Crippen LogP contribution is -2.60. The van der Waals surface area contributed by atoms with Crippen molar-refractivity contribution >= 4 is 38.9 Å². The maximum atomic E-state index is 12.0. The van der Waals surface area contributed by atoms with E-state index in [9.17, 15) is 8.42 Å². The average molecular weight is 319 g/mol. The van der Waals surface area contributed by atoms with Crippen molar-refractivity contribution in [3.05, 3.63) is 20.8 Å². The number of thiophene rings is 1. The van der Waals surface area contributed by atoms with Crippen molar-refractivity contribution in [1.82, 2.24) is 9.62 Å². The highest BCUT2D eigenvalue weighted by Crippen LogP contribution is 2.38. The number of guanidine groups is 1. The molecule has 0 bridgehead atoms. The molecule has 2 N–H and O–H groups in total. The molecule has 19 heavy (non-hydrogen) atoms. The molecule has 0 radical (unpaired) electrons. The molecule has 0 unspecified atom stereocenters. The molecule has 1 aromatic heterocycles. The van der Waals surface area contributed by atoms with Gasteiger partial charge in [-0.25, -0.2) is 12.7 Å². The lowest BCUT2D eigenvalue weighted by Gasteiger charge is -2.39. The topological polar surface area (TPSA) is 97.1 Å². The van der Waals surface area contributed by atoms with Gasteiger partial charge >= 0.3 is 0 Å². The first-order valence-electron chi connectivity index (χ1n) is 5.23. The van der Waals surface area contributed by atoms with Gasteiger partial charge in [0.2, 0.25) is 16.0 Å². The molecule has 102 valence electrons. The molecule has 0 aliphatic carbocycles. The number of nitrogens with zero attached hydrogens (tertiary/aromatic N) is 2. The van der Waals surface area contributed by atoms with Crippen molar-refractivity contribution in [2.75, 3.05) is 12.8 Å². The number of hydrogen-bond acceptors (Lipinski definition) is 5. The second-order valence-corrected chi connectivity index (χ2v) is 7.89. The van der Waals surface area contributed by atoms with Crippen LogP contribution in [0.15, 0.2) is 6.07 Å². The van der Waals surface area contributed by atoms with Crippen LogP contribution in [0.3, 0.4) is 0 Å². The molecule has 1 aliphatic rings. The van der Waals surface area contributed by atoms with E-state index in [0.29, 0.717) is 14.8 Å². The third-order valence-electron chi connectivity index (χ3n) is 2.90. The zero-order chi connectivity index (χ0) is 14.4. The number of rotatable bonds is 1. The molecule has 0 spiro atoms. The normalized spacial score (nSPS) is 25.8. The molecule has 2 rings (SSSR count). The Morgan fingerprint density at radius 3 is 2.79 bits per heavy atom. The van der Waals surface area contributed by atoms with Gasteiger partial charge < -0.3 is 5.32 Å². The van der Waals surface area contributed by atoms with Gasteiger partial charge in [0.25, 0.3) is 0 Å². The first-order chi connectivity index (χ1) is 8.69. The highest BCUT2D eigenvalue weighted by molar-refractivity contribution is 7.89. The fourth-order valence-electron chi connectivity index (χ4n) is 1.90. The van der Waals surface area contributed by atoms with E-state index in [1.54, 1.807) is 6.92 Å². The third kappa shape index (κ3) is 2.29. The van der Waals surface area contributed by atoms with Crippen molar-refractivity contribution in [1.29, 1.82) is 10.7 Å². The summed E-state index contributed by atoms with van der Waals surface area (Å²) in [6.45, 7) is 1.66. The molecule has 6 nitrogen and oxygen atoms in total. The van der Waals surface area contributed by atoms with Crippen molar-refractivity contribution in [3.8, 4) is 6.07 Å². The van der Waals surface area contributed by atoms with Gasteiger partial charge in [-0.1, -0.05) is 11.6 Å². The Labute approximate surface area is 120 Å². The van der Waals surface area contributed by atoms with Gasteiger partial charge in [0.05, 0.1) is 21.2 Å². The van der Waals surface area contributed by atoms with Crippen molar-refractivity contribution in [2.24, 2.45) is 0 Å². The average Bonchev–Trinajstić information content (AvgIpc) is 2.67. The molecular formula is C10H11ClN4O2S2. The molecule has 1 atom stereocenters. The van der Waals surface area contributed by atoms with Crippen LogP contribution < -0.4 is 5.32 Å². The fourth-order valence-corrected chi connectivity index (χ4v) is 4.90. The van der Waals surface area contributed by atoms with E-state index in [0.717, 1.165) is 15.6 Å². The van der Waals surface area contributed by atoms with Gasteiger partial charge in [-0.15, -0.1) is 11.3 Å². The zero-order valence-electron chi connectivity index (χ0n) is 10.2. The Morgan fingerprint density at radius 1 is 1.68 bits per heavy atom. The molecule has 1 aliphatic heterocycles. The highest BCUT2D eigenvalue weighted by Gasteiger charge is 2.43. The van der Waals surface area contributed by atoms with Crippen LogP contribution in [0.1, 0.15) is 16.7 Å². The standard InChI is InChI=1S/C10H11ClN4O2S2/c1-10(8-7(11)3-6(4-12)18-8)5-19(16,17)15(2)9(13)14-10/h3H,5H2,1-2H3,(H2,13,14)/t10-/m0/s1. The highest BCUT2D eigenvalue weighted by atomic mass is 35.5. The first kappa shape index (κ1) is 14.1. The summed E-state index contributed by atoms with van der Waals surface area (Å²) in [5, 5.41) is 19.8. The van der Waals surface area contributed by atoms with Crippen LogP contribution in [0.4, 0.5) is 0 Å². The molecule has 1 aromatic rings. The van der Waals surface area contributed by atoms with Gasteiger partial charge in [0, 0.05) is 7.05 Å².